The summed E-state index contributed by atoms with van der Waals surface area (Å²) in [6.07, 6.45) is 6.69. The minimum absolute atomic E-state index is 0.175. The molecule has 0 spiro atoms. The fourth-order valence-electron chi connectivity index (χ4n) is 7.40. The second-order valence-electron chi connectivity index (χ2n) is 10.8. The van der Waals surface area contributed by atoms with E-state index in [4.69, 9.17) is 14.2 Å². The van der Waals surface area contributed by atoms with Crippen molar-refractivity contribution in [3.05, 3.63) is 23.8 Å². The maximum absolute atomic E-state index is 17.1. The molecule has 0 bridgehead atoms. The number of carbonyl (C=O) groups is 4. The Kier molecular flexibility index (Phi) is 6.68. The molecule has 3 saturated carbocycles. The first-order chi connectivity index (χ1) is 16.5. The van der Waals surface area contributed by atoms with Crippen molar-refractivity contribution >= 4 is 23.3 Å². The molecule has 4 aliphatic carbocycles. The summed E-state index contributed by atoms with van der Waals surface area (Å²) >= 11 is 0. The Bertz CT molecular complexity index is 1000. The van der Waals surface area contributed by atoms with Crippen molar-refractivity contribution in [2.45, 2.75) is 77.0 Å². The lowest BCUT2D eigenvalue weighted by molar-refractivity contribution is -0.211. The minimum Gasteiger partial charge on any atom is -0.458 e. The van der Waals surface area contributed by atoms with Gasteiger partial charge in [-0.2, -0.15) is 0 Å². The molecule has 4 rings (SSSR count). The number of carbonyl (C=O) groups excluding carboxylic acids is 4. The van der Waals surface area contributed by atoms with E-state index in [-0.39, 0.29) is 37.8 Å². The van der Waals surface area contributed by atoms with Crippen LogP contribution in [0.1, 0.15) is 65.7 Å². The molecule has 6 atom stereocenters. The van der Waals surface area contributed by atoms with Crippen LogP contribution in [0.3, 0.4) is 0 Å². The van der Waals surface area contributed by atoms with Gasteiger partial charge in [0.15, 0.2) is 23.8 Å². The number of ether oxygens (including phenoxy) is 3. The smallest absolute Gasteiger partial charge is 0.306 e. The van der Waals surface area contributed by atoms with Gasteiger partial charge in [-0.05, 0) is 57.1 Å². The summed E-state index contributed by atoms with van der Waals surface area (Å²) in [5.74, 6) is -2.59. The molecule has 7 nitrogen and oxygen atoms in total. The van der Waals surface area contributed by atoms with Gasteiger partial charge in [-0.1, -0.05) is 25.5 Å². The zero-order chi connectivity index (χ0) is 25.6. The fraction of sp³-hybridized carbons (Fsp3) is 0.704. The summed E-state index contributed by atoms with van der Waals surface area (Å²) in [4.78, 5) is 51.3. The summed E-state index contributed by atoms with van der Waals surface area (Å²) in [7, 11) is 1.44. The van der Waals surface area contributed by atoms with Gasteiger partial charge in [-0.3, -0.25) is 19.2 Å². The first-order valence-electron chi connectivity index (χ1n) is 12.5. The van der Waals surface area contributed by atoms with Gasteiger partial charge in [0.1, 0.15) is 12.4 Å². The highest BCUT2D eigenvalue weighted by atomic mass is 19.1. The van der Waals surface area contributed by atoms with E-state index in [1.807, 2.05) is 13.8 Å². The van der Waals surface area contributed by atoms with E-state index in [9.17, 15) is 19.2 Å². The molecule has 35 heavy (non-hydrogen) atoms. The zero-order valence-corrected chi connectivity index (χ0v) is 21.0. The van der Waals surface area contributed by atoms with Crippen molar-refractivity contribution in [3.8, 4) is 0 Å². The molecule has 3 fully saturated rings. The van der Waals surface area contributed by atoms with Gasteiger partial charge >= 0.3 is 5.97 Å². The Balaban J connectivity index is 1.71. The number of alkyl halides is 1. The van der Waals surface area contributed by atoms with Crippen molar-refractivity contribution in [2.75, 3.05) is 20.5 Å². The number of ketones is 3. The van der Waals surface area contributed by atoms with Crippen LogP contribution >= 0.6 is 0 Å². The van der Waals surface area contributed by atoms with Crippen LogP contribution < -0.4 is 0 Å². The third-order valence-corrected chi connectivity index (χ3v) is 9.22. The van der Waals surface area contributed by atoms with Crippen molar-refractivity contribution in [1.82, 2.24) is 0 Å². The summed E-state index contributed by atoms with van der Waals surface area (Å²) in [6, 6.07) is 0. The highest BCUT2D eigenvalue weighted by molar-refractivity contribution is 6.03. The second-order valence-corrected chi connectivity index (χ2v) is 10.8. The van der Waals surface area contributed by atoms with E-state index in [1.54, 1.807) is 13.0 Å². The summed E-state index contributed by atoms with van der Waals surface area (Å²) in [6.45, 7) is 4.74. The van der Waals surface area contributed by atoms with E-state index < -0.39 is 52.2 Å². The quantitative estimate of drug-likeness (QED) is 0.377. The summed E-state index contributed by atoms with van der Waals surface area (Å²) in [5.41, 5.74) is -5.12. The molecule has 8 heteroatoms. The third kappa shape index (κ3) is 3.58. The molecule has 0 heterocycles. The molecular weight excluding hydrogens is 455 g/mol. The van der Waals surface area contributed by atoms with Gasteiger partial charge in [-0.15, -0.1) is 0 Å². The molecule has 0 aromatic heterocycles. The number of hydrogen-bond donors (Lipinski definition) is 0. The van der Waals surface area contributed by atoms with Crippen molar-refractivity contribution in [2.24, 2.45) is 22.7 Å². The largest absolute Gasteiger partial charge is 0.458 e. The third-order valence-electron chi connectivity index (χ3n) is 9.22. The molecule has 0 radical (unpaired) electrons. The van der Waals surface area contributed by atoms with E-state index >= 15 is 4.39 Å². The monoisotopic (exact) mass is 490 g/mol. The van der Waals surface area contributed by atoms with Crippen LogP contribution in [-0.4, -0.2) is 55.1 Å². The molecule has 0 unspecified atom stereocenters. The number of rotatable bonds is 8. The maximum atomic E-state index is 17.1. The minimum atomic E-state index is -2.17. The lowest BCUT2D eigenvalue weighted by Gasteiger charge is -2.60. The maximum Gasteiger partial charge on any atom is 0.306 e. The number of fused-ring (bicyclic) bond motifs is 5. The normalized spacial score (nSPS) is 40.0. The fourth-order valence-corrected chi connectivity index (χ4v) is 7.40. The number of Topliss-reactive ketones (excluding diaryl/α,β-unsaturated/α-hetero) is 2. The predicted octanol–water partition coefficient (Wildman–Crippen LogP) is 3.84. The average molecular weight is 491 g/mol. The van der Waals surface area contributed by atoms with Crippen LogP contribution in [0.25, 0.3) is 0 Å². The van der Waals surface area contributed by atoms with Gasteiger partial charge in [0, 0.05) is 36.7 Å². The Hall–Kier alpha value is -2.19. The van der Waals surface area contributed by atoms with Crippen molar-refractivity contribution in [1.29, 1.82) is 0 Å². The zero-order valence-electron chi connectivity index (χ0n) is 21.0. The van der Waals surface area contributed by atoms with Gasteiger partial charge in [-0.25, -0.2) is 4.39 Å². The highest BCUT2D eigenvalue weighted by Gasteiger charge is 2.75. The molecule has 4 aliphatic rings. The lowest BCUT2D eigenvalue weighted by atomic mass is 9.45. The van der Waals surface area contributed by atoms with E-state index in [0.717, 1.165) is 0 Å². The lowest BCUT2D eigenvalue weighted by Crippen LogP contribution is -2.68. The SMILES string of the molecule is CCCC(=O)OCC(=O)[C@@]1(OCOC)CC[C@H]2[C@@H]3CCC4=CC(=O)C=C[C@]4(C)[C@@]3(F)C(=O)C[C@@]21C. The number of esters is 1. The predicted molar refractivity (Wildman–Crippen MR) is 124 cm³/mol. The van der Waals surface area contributed by atoms with Crippen molar-refractivity contribution < 1.29 is 37.8 Å². The Morgan fingerprint density at radius 1 is 1.17 bits per heavy atom. The van der Waals surface area contributed by atoms with Gasteiger partial charge in [0.05, 0.1) is 0 Å². The molecule has 0 saturated heterocycles. The van der Waals surface area contributed by atoms with Gasteiger partial charge in [0.25, 0.3) is 0 Å². The Morgan fingerprint density at radius 3 is 2.60 bits per heavy atom. The molecule has 0 N–H and O–H groups in total. The number of allylic oxidation sites excluding steroid dienone is 4. The molecule has 0 aromatic carbocycles. The molecule has 192 valence electrons. The molecule has 0 aliphatic heterocycles. The summed E-state index contributed by atoms with van der Waals surface area (Å²) < 4.78 is 33.6. The van der Waals surface area contributed by atoms with Crippen LogP contribution in [0.4, 0.5) is 4.39 Å². The average Bonchev–Trinajstić information content (AvgIpc) is 3.10. The van der Waals surface area contributed by atoms with E-state index in [1.165, 1.54) is 19.3 Å². The standard InChI is InChI=1S/C27H35FO7/c1-5-6-23(32)34-15-22(31)26(35-16-33-4)12-10-19-20-8-7-17-13-18(29)9-11-24(17,2)27(20,28)21(30)14-25(19,26)3/h9,11,13,19-20H,5-8,10,12,14-16H2,1-4H3/t19-,20-,24-,25-,26-,27-/m0/s1. The second kappa shape index (κ2) is 9.04. The number of hydrogen-bond acceptors (Lipinski definition) is 7. The van der Waals surface area contributed by atoms with Crippen LogP contribution in [0, 0.1) is 22.7 Å². The molecule has 0 amide bonds. The number of halogens is 1. The van der Waals surface area contributed by atoms with E-state index in [0.29, 0.717) is 31.3 Å². The first-order valence-corrected chi connectivity index (χ1v) is 12.5. The topological polar surface area (TPSA) is 96.0 Å². The Morgan fingerprint density at radius 2 is 1.91 bits per heavy atom. The molecule has 0 aromatic rings. The van der Waals surface area contributed by atoms with Crippen LogP contribution in [0.5, 0.6) is 0 Å². The van der Waals surface area contributed by atoms with Gasteiger partial charge < -0.3 is 14.2 Å². The number of methoxy groups -OCH3 is 1. The van der Waals surface area contributed by atoms with Crippen molar-refractivity contribution in [3.63, 3.8) is 0 Å². The first kappa shape index (κ1) is 25.9. The van der Waals surface area contributed by atoms with Crippen LogP contribution in [0.2, 0.25) is 0 Å². The molecular formula is C27H35FO7. The van der Waals surface area contributed by atoms with E-state index in [2.05, 4.69) is 0 Å². The van der Waals surface area contributed by atoms with Crippen LogP contribution in [0.15, 0.2) is 23.8 Å². The highest BCUT2D eigenvalue weighted by Crippen LogP contribution is 2.69. The van der Waals surface area contributed by atoms with Gasteiger partial charge in [0.2, 0.25) is 5.78 Å². The summed E-state index contributed by atoms with van der Waals surface area (Å²) in [5, 5.41) is 0. The Labute approximate surface area is 205 Å². The van der Waals surface area contributed by atoms with Crippen LogP contribution in [-0.2, 0) is 33.4 Å².